The normalized spacial score (nSPS) is 15.3. The number of hydrogen-bond acceptors (Lipinski definition) is 4. The van der Waals surface area contributed by atoms with Gasteiger partial charge in [-0.1, -0.05) is 29.8 Å². The number of nitrogens with one attached hydrogen (secondary N) is 2. The van der Waals surface area contributed by atoms with Crippen molar-refractivity contribution >= 4 is 35.0 Å². The van der Waals surface area contributed by atoms with Crippen molar-refractivity contribution < 1.29 is 19.1 Å². The van der Waals surface area contributed by atoms with E-state index >= 15 is 0 Å². The fourth-order valence-corrected chi connectivity index (χ4v) is 2.94. The van der Waals surface area contributed by atoms with E-state index in [0.717, 1.165) is 0 Å². The van der Waals surface area contributed by atoms with Gasteiger partial charge in [0.05, 0.1) is 18.8 Å². The van der Waals surface area contributed by atoms with Gasteiger partial charge in [0.25, 0.3) is 11.8 Å². The molecule has 3 amide bonds. The van der Waals surface area contributed by atoms with Crippen LogP contribution in [0.25, 0.3) is 0 Å². The number of fused-ring (bicyclic) bond motifs is 1. The van der Waals surface area contributed by atoms with Crippen LogP contribution in [0.3, 0.4) is 0 Å². The number of carbonyl (C=O) groups excluding carboxylic acids is 3. The Morgan fingerprint density at radius 3 is 2.70 bits per heavy atom. The second-order valence-electron chi connectivity index (χ2n) is 5.89. The molecule has 3 rings (SSSR count). The fraction of sp³-hybridized carbons (Fsp3) is 0.211. The number of para-hydroxylation sites is 2. The molecule has 1 aliphatic heterocycles. The van der Waals surface area contributed by atoms with Crippen molar-refractivity contribution in [3.05, 3.63) is 59.1 Å². The molecule has 0 unspecified atom stereocenters. The lowest BCUT2D eigenvalue weighted by Gasteiger charge is -2.34. The third kappa shape index (κ3) is 4.20. The number of ether oxygens (including phenoxy) is 1. The summed E-state index contributed by atoms with van der Waals surface area (Å²) in [6.45, 7) is -0.164. The maximum atomic E-state index is 12.7. The number of anilines is 1. The van der Waals surface area contributed by atoms with E-state index in [0.29, 0.717) is 22.0 Å². The van der Waals surface area contributed by atoms with Crippen LogP contribution in [0.2, 0.25) is 5.02 Å². The first kappa shape index (κ1) is 18.7. The highest BCUT2D eigenvalue weighted by atomic mass is 35.5. The average Bonchev–Trinajstić information content (AvgIpc) is 2.70. The molecule has 2 N–H and O–H groups in total. The SMILES string of the molecule is CNC(=O)[C@@H]1CN(C(=O)CNC(=O)c2cccc(Cl)c2)c2ccccc2O1. The minimum Gasteiger partial charge on any atom is -0.477 e. The zero-order chi connectivity index (χ0) is 19.4. The molecule has 0 saturated carbocycles. The van der Waals surface area contributed by atoms with Crippen LogP contribution in [0.15, 0.2) is 48.5 Å². The first-order chi connectivity index (χ1) is 13.0. The molecule has 0 spiro atoms. The first-order valence-corrected chi connectivity index (χ1v) is 8.69. The summed E-state index contributed by atoms with van der Waals surface area (Å²) >= 11 is 5.88. The monoisotopic (exact) mass is 387 g/mol. The summed E-state index contributed by atoms with van der Waals surface area (Å²) in [5.74, 6) is -0.651. The summed E-state index contributed by atoms with van der Waals surface area (Å²) in [4.78, 5) is 38.4. The van der Waals surface area contributed by atoms with Crippen LogP contribution in [-0.4, -0.2) is 44.0 Å². The molecule has 2 aromatic rings. The second kappa shape index (κ2) is 8.09. The smallest absolute Gasteiger partial charge is 0.262 e. The highest BCUT2D eigenvalue weighted by Crippen LogP contribution is 2.33. The third-order valence-corrected chi connectivity index (χ3v) is 4.34. The summed E-state index contributed by atoms with van der Waals surface area (Å²) in [6.07, 6.45) is -0.822. The molecule has 8 heteroatoms. The molecule has 0 fully saturated rings. The van der Waals surface area contributed by atoms with Crippen molar-refractivity contribution in [1.82, 2.24) is 10.6 Å². The predicted molar refractivity (Wildman–Crippen MR) is 101 cm³/mol. The van der Waals surface area contributed by atoms with E-state index < -0.39 is 12.0 Å². The van der Waals surface area contributed by atoms with Crippen molar-refractivity contribution in [1.29, 1.82) is 0 Å². The molecule has 1 aliphatic rings. The molecule has 1 atom stereocenters. The van der Waals surface area contributed by atoms with Gasteiger partial charge < -0.3 is 20.3 Å². The Labute approximate surface area is 161 Å². The number of nitrogens with zero attached hydrogens (tertiary/aromatic N) is 1. The zero-order valence-corrected chi connectivity index (χ0v) is 15.3. The Balaban J connectivity index is 1.73. The molecule has 1 heterocycles. The van der Waals surface area contributed by atoms with Gasteiger partial charge in [-0.3, -0.25) is 14.4 Å². The van der Waals surface area contributed by atoms with Crippen LogP contribution in [0.4, 0.5) is 5.69 Å². The Kier molecular flexibility index (Phi) is 5.61. The average molecular weight is 388 g/mol. The van der Waals surface area contributed by atoms with E-state index in [-0.39, 0.29) is 24.9 Å². The lowest BCUT2D eigenvalue weighted by Crippen LogP contribution is -2.52. The molecule has 27 heavy (non-hydrogen) atoms. The molecule has 0 aromatic heterocycles. The lowest BCUT2D eigenvalue weighted by molar-refractivity contribution is -0.127. The number of halogens is 1. The van der Waals surface area contributed by atoms with E-state index in [1.54, 1.807) is 42.5 Å². The number of benzene rings is 2. The number of carbonyl (C=O) groups is 3. The van der Waals surface area contributed by atoms with E-state index in [4.69, 9.17) is 16.3 Å². The minimum absolute atomic E-state index is 0.0581. The van der Waals surface area contributed by atoms with Crippen molar-refractivity contribution in [3.8, 4) is 5.75 Å². The first-order valence-electron chi connectivity index (χ1n) is 8.31. The van der Waals surface area contributed by atoms with Gasteiger partial charge in [-0.15, -0.1) is 0 Å². The molecule has 2 aromatic carbocycles. The second-order valence-corrected chi connectivity index (χ2v) is 6.32. The lowest BCUT2D eigenvalue weighted by atomic mass is 10.1. The topological polar surface area (TPSA) is 87.7 Å². The Bertz CT molecular complexity index is 887. The van der Waals surface area contributed by atoms with E-state index in [1.807, 2.05) is 0 Å². The Hall–Kier alpha value is -3.06. The maximum absolute atomic E-state index is 12.7. The van der Waals surface area contributed by atoms with Crippen LogP contribution >= 0.6 is 11.6 Å². The third-order valence-electron chi connectivity index (χ3n) is 4.10. The van der Waals surface area contributed by atoms with Crippen LogP contribution in [0.5, 0.6) is 5.75 Å². The maximum Gasteiger partial charge on any atom is 0.262 e. The van der Waals surface area contributed by atoms with Crippen molar-refractivity contribution in [2.24, 2.45) is 0 Å². The molecular weight excluding hydrogens is 370 g/mol. The number of likely N-dealkylation sites (N-methyl/N-ethyl adjacent to an activating group) is 1. The zero-order valence-electron chi connectivity index (χ0n) is 14.6. The van der Waals surface area contributed by atoms with Gasteiger partial charge in [0.1, 0.15) is 5.75 Å². The summed E-state index contributed by atoms with van der Waals surface area (Å²) in [5.41, 5.74) is 0.917. The van der Waals surface area contributed by atoms with E-state index in [1.165, 1.54) is 18.0 Å². The van der Waals surface area contributed by atoms with Crippen molar-refractivity contribution in [2.75, 3.05) is 25.0 Å². The highest BCUT2D eigenvalue weighted by molar-refractivity contribution is 6.31. The molecule has 0 aliphatic carbocycles. The van der Waals surface area contributed by atoms with Gasteiger partial charge in [-0.05, 0) is 30.3 Å². The largest absolute Gasteiger partial charge is 0.477 e. The van der Waals surface area contributed by atoms with E-state index in [9.17, 15) is 14.4 Å². The minimum atomic E-state index is -0.822. The van der Waals surface area contributed by atoms with Crippen LogP contribution in [-0.2, 0) is 9.59 Å². The predicted octanol–water partition coefficient (Wildman–Crippen LogP) is 1.61. The van der Waals surface area contributed by atoms with Gasteiger partial charge in [0, 0.05) is 17.6 Å². The fourth-order valence-electron chi connectivity index (χ4n) is 2.75. The molecule has 0 bridgehead atoms. The molecule has 0 saturated heterocycles. The molecule has 0 radical (unpaired) electrons. The number of hydrogen-bond donors (Lipinski definition) is 2. The highest BCUT2D eigenvalue weighted by Gasteiger charge is 2.33. The van der Waals surface area contributed by atoms with Crippen molar-refractivity contribution in [2.45, 2.75) is 6.10 Å². The molecule has 140 valence electrons. The summed E-state index contributed by atoms with van der Waals surface area (Å²) in [5, 5.41) is 5.53. The molecular formula is C19H18ClN3O4. The van der Waals surface area contributed by atoms with Crippen LogP contribution < -0.4 is 20.3 Å². The quantitative estimate of drug-likeness (QED) is 0.834. The summed E-state index contributed by atoms with van der Waals surface area (Å²) in [6, 6.07) is 13.4. The Morgan fingerprint density at radius 1 is 1.19 bits per heavy atom. The van der Waals surface area contributed by atoms with Gasteiger partial charge in [0.2, 0.25) is 5.91 Å². The van der Waals surface area contributed by atoms with Crippen molar-refractivity contribution in [3.63, 3.8) is 0 Å². The number of rotatable bonds is 4. The standard InChI is InChI=1S/C19H18ClN3O4/c1-21-19(26)16-11-23(14-7-2-3-8-15(14)27-16)17(24)10-22-18(25)12-5-4-6-13(20)9-12/h2-9,16H,10-11H2,1H3,(H,21,26)(H,22,25)/t16-/m0/s1. The summed E-state index contributed by atoms with van der Waals surface area (Å²) < 4.78 is 5.67. The number of amides is 3. The van der Waals surface area contributed by atoms with Gasteiger partial charge >= 0.3 is 0 Å². The van der Waals surface area contributed by atoms with Gasteiger partial charge in [-0.2, -0.15) is 0 Å². The van der Waals surface area contributed by atoms with Crippen LogP contribution in [0.1, 0.15) is 10.4 Å². The summed E-state index contributed by atoms with van der Waals surface area (Å²) in [7, 11) is 1.50. The van der Waals surface area contributed by atoms with Gasteiger partial charge in [-0.25, -0.2) is 0 Å². The van der Waals surface area contributed by atoms with E-state index in [2.05, 4.69) is 10.6 Å². The van der Waals surface area contributed by atoms with Gasteiger partial charge in [0.15, 0.2) is 6.10 Å². The molecule has 7 nitrogen and oxygen atoms in total. The Morgan fingerprint density at radius 2 is 1.96 bits per heavy atom. The van der Waals surface area contributed by atoms with Crippen LogP contribution in [0, 0.1) is 0 Å².